The predicted molar refractivity (Wildman–Crippen MR) is 88.6 cm³/mol. The molecule has 10 nitrogen and oxygen atoms in total. The number of aromatic nitrogens is 4. The fourth-order valence-electron chi connectivity index (χ4n) is 2.80. The standard InChI is InChI=1S/C16H17N5O5/c1-4-26-11-7-9(5-6-10(11)23)14-12(8(2)22)13(15(24)25-3)17-16-18-19-20-21(14)16/h5-7,14,23H,4H2,1-3H3,(H,17,18,20)/t14-/m1/s1. The molecular weight excluding hydrogens is 342 g/mol. The molecule has 0 saturated carbocycles. The van der Waals surface area contributed by atoms with Gasteiger partial charge in [0.05, 0.1) is 19.3 Å². The van der Waals surface area contributed by atoms with Gasteiger partial charge in [-0.1, -0.05) is 11.2 Å². The van der Waals surface area contributed by atoms with Crippen molar-refractivity contribution in [1.29, 1.82) is 0 Å². The Morgan fingerprint density at radius 1 is 1.38 bits per heavy atom. The van der Waals surface area contributed by atoms with Crippen molar-refractivity contribution in [1.82, 2.24) is 20.2 Å². The number of ketones is 1. The number of hydrogen-bond acceptors (Lipinski definition) is 9. The molecule has 0 saturated heterocycles. The van der Waals surface area contributed by atoms with Gasteiger partial charge in [0, 0.05) is 0 Å². The minimum absolute atomic E-state index is 0.0293. The molecule has 1 aromatic carbocycles. The molecule has 1 aromatic heterocycles. The van der Waals surface area contributed by atoms with E-state index in [1.807, 2.05) is 0 Å². The van der Waals surface area contributed by atoms with E-state index in [4.69, 9.17) is 9.47 Å². The van der Waals surface area contributed by atoms with Gasteiger partial charge in [-0.2, -0.15) is 4.68 Å². The quantitative estimate of drug-likeness (QED) is 0.745. The van der Waals surface area contributed by atoms with Gasteiger partial charge >= 0.3 is 5.97 Å². The zero-order valence-corrected chi connectivity index (χ0v) is 14.4. The first kappa shape index (κ1) is 17.4. The number of phenolic OH excluding ortho intramolecular Hbond substituents is 1. The highest BCUT2D eigenvalue weighted by molar-refractivity contribution is 6.06. The van der Waals surface area contributed by atoms with E-state index < -0.39 is 12.0 Å². The number of fused-ring (bicyclic) bond motifs is 1. The summed E-state index contributed by atoms with van der Waals surface area (Å²) in [6, 6.07) is 3.85. The number of rotatable bonds is 5. The van der Waals surface area contributed by atoms with Gasteiger partial charge in [0.2, 0.25) is 5.95 Å². The van der Waals surface area contributed by atoms with Crippen LogP contribution in [0.1, 0.15) is 25.5 Å². The summed E-state index contributed by atoms with van der Waals surface area (Å²) < 4.78 is 11.6. The third-order valence-electron chi connectivity index (χ3n) is 3.89. The van der Waals surface area contributed by atoms with Crippen molar-refractivity contribution in [2.24, 2.45) is 0 Å². The van der Waals surface area contributed by atoms with Crippen LogP contribution < -0.4 is 10.1 Å². The van der Waals surface area contributed by atoms with E-state index in [9.17, 15) is 14.7 Å². The number of carbonyl (C=O) groups excluding carboxylic acids is 2. The second-order valence-corrected chi connectivity index (χ2v) is 5.47. The van der Waals surface area contributed by atoms with Crippen LogP contribution in [0.25, 0.3) is 0 Å². The minimum Gasteiger partial charge on any atom is -0.504 e. The molecule has 136 valence electrons. The molecule has 0 fully saturated rings. The number of methoxy groups -OCH3 is 1. The molecule has 2 aromatic rings. The molecule has 0 amide bonds. The highest BCUT2D eigenvalue weighted by Crippen LogP contribution is 2.38. The van der Waals surface area contributed by atoms with Gasteiger partial charge in [-0.15, -0.1) is 0 Å². The fourth-order valence-corrected chi connectivity index (χ4v) is 2.80. The summed E-state index contributed by atoms with van der Waals surface area (Å²) in [5.74, 6) is -0.663. The number of carbonyl (C=O) groups is 2. The Bertz CT molecular complexity index is 904. The lowest BCUT2D eigenvalue weighted by atomic mass is 9.92. The molecule has 0 unspecified atom stereocenters. The molecule has 10 heteroatoms. The molecule has 0 radical (unpaired) electrons. The van der Waals surface area contributed by atoms with E-state index in [1.54, 1.807) is 19.1 Å². The number of allylic oxidation sites excluding steroid dienone is 1. The van der Waals surface area contributed by atoms with Crippen molar-refractivity contribution >= 4 is 17.7 Å². The predicted octanol–water partition coefficient (Wildman–Crippen LogP) is 0.808. The van der Waals surface area contributed by atoms with E-state index in [0.717, 1.165) is 0 Å². The summed E-state index contributed by atoms with van der Waals surface area (Å²) >= 11 is 0. The first-order valence-electron chi connectivity index (χ1n) is 7.81. The van der Waals surface area contributed by atoms with E-state index in [0.29, 0.717) is 12.2 Å². The Morgan fingerprint density at radius 3 is 2.81 bits per heavy atom. The van der Waals surface area contributed by atoms with Gasteiger partial charge in [-0.05, 0) is 42.0 Å². The molecule has 1 atom stereocenters. The molecule has 0 bridgehead atoms. The number of nitrogens with one attached hydrogen (secondary N) is 1. The zero-order chi connectivity index (χ0) is 18.8. The summed E-state index contributed by atoms with van der Waals surface area (Å²) in [7, 11) is 1.22. The van der Waals surface area contributed by atoms with Crippen molar-refractivity contribution in [3.63, 3.8) is 0 Å². The van der Waals surface area contributed by atoms with Crippen molar-refractivity contribution in [3.8, 4) is 11.5 Å². The maximum atomic E-state index is 12.4. The third kappa shape index (κ3) is 2.85. The summed E-state index contributed by atoms with van der Waals surface area (Å²) in [6.45, 7) is 3.47. The molecule has 1 aliphatic heterocycles. The summed E-state index contributed by atoms with van der Waals surface area (Å²) in [6.07, 6.45) is 0. The van der Waals surface area contributed by atoms with Crippen LogP contribution >= 0.6 is 0 Å². The summed E-state index contributed by atoms with van der Waals surface area (Å²) in [4.78, 5) is 24.5. The average Bonchev–Trinajstić information content (AvgIpc) is 3.09. The van der Waals surface area contributed by atoms with Gasteiger partial charge in [0.25, 0.3) is 0 Å². The van der Waals surface area contributed by atoms with Crippen LogP contribution in [-0.2, 0) is 14.3 Å². The molecule has 0 spiro atoms. The smallest absolute Gasteiger partial charge is 0.355 e. The van der Waals surface area contributed by atoms with E-state index in [2.05, 4.69) is 20.8 Å². The van der Waals surface area contributed by atoms with Crippen LogP contribution in [0.2, 0.25) is 0 Å². The van der Waals surface area contributed by atoms with Crippen molar-refractivity contribution in [3.05, 3.63) is 35.0 Å². The van der Waals surface area contributed by atoms with Crippen molar-refractivity contribution in [2.75, 3.05) is 19.0 Å². The number of anilines is 1. The first-order valence-corrected chi connectivity index (χ1v) is 7.81. The van der Waals surface area contributed by atoms with Crippen molar-refractivity contribution < 1.29 is 24.2 Å². The lowest BCUT2D eigenvalue weighted by Crippen LogP contribution is -2.32. The van der Waals surface area contributed by atoms with Gasteiger partial charge in [-0.3, -0.25) is 4.79 Å². The second kappa shape index (κ2) is 6.82. The number of ether oxygens (including phenoxy) is 2. The molecule has 0 aliphatic carbocycles. The second-order valence-electron chi connectivity index (χ2n) is 5.47. The number of tetrazole rings is 1. The van der Waals surface area contributed by atoms with Crippen LogP contribution in [0, 0.1) is 0 Å². The molecule has 26 heavy (non-hydrogen) atoms. The molecular formula is C16H17N5O5. The normalized spacial score (nSPS) is 15.9. The lowest BCUT2D eigenvalue weighted by Gasteiger charge is -2.27. The third-order valence-corrected chi connectivity index (χ3v) is 3.89. The zero-order valence-electron chi connectivity index (χ0n) is 14.4. The van der Waals surface area contributed by atoms with Crippen LogP contribution in [-0.4, -0.2) is 50.8 Å². The minimum atomic E-state index is -0.785. The molecule has 2 N–H and O–H groups in total. The van der Waals surface area contributed by atoms with Crippen LogP contribution in [0.3, 0.4) is 0 Å². The largest absolute Gasteiger partial charge is 0.504 e. The van der Waals surface area contributed by atoms with Gasteiger partial charge in [-0.25, -0.2) is 4.79 Å². The van der Waals surface area contributed by atoms with Gasteiger partial charge in [0.1, 0.15) is 11.7 Å². The fraction of sp³-hybridized carbons (Fsp3) is 0.312. The number of esters is 1. The SMILES string of the molecule is CCOc1cc([C@@H]2C(C(C)=O)=C(C(=O)OC)Nc3nnnn32)ccc1O. The monoisotopic (exact) mass is 359 g/mol. The topological polar surface area (TPSA) is 128 Å². The number of aromatic hydroxyl groups is 1. The Kier molecular flexibility index (Phi) is 4.57. The van der Waals surface area contributed by atoms with Gasteiger partial charge in [0.15, 0.2) is 17.3 Å². The summed E-state index contributed by atoms with van der Waals surface area (Å²) in [5.41, 5.74) is 0.677. The van der Waals surface area contributed by atoms with Crippen molar-refractivity contribution in [2.45, 2.75) is 19.9 Å². The number of nitrogens with zero attached hydrogens (tertiary/aromatic N) is 4. The highest BCUT2D eigenvalue weighted by atomic mass is 16.5. The van der Waals surface area contributed by atoms with Crippen LogP contribution in [0.5, 0.6) is 11.5 Å². The molecule has 2 heterocycles. The average molecular weight is 359 g/mol. The highest BCUT2D eigenvalue weighted by Gasteiger charge is 2.37. The van der Waals surface area contributed by atoms with Crippen LogP contribution in [0.15, 0.2) is 29.5 Å². The number of benzene rings is 1. The van der Waals surface area contributed by atoms with E-state index >= 15 is 0 Å². The first-order chi connectivity index (χ1) is 12.5. The Morgan fingerprint density at radius 2 is 2.15 bits per heavy atom. The summed E-state index contributed by atoms with van der Waals surface area (Å²) in [5, 5.41) is 24.0. The van der Waals surface area contributed by atoms with Crippen LogP contribution in [0.4, 0.5) is 5.95 Å². The van der Waals surface area contributed by atoms with E-state index in [-0.39, 0.29) is 34.5 Å². The number of Topliss-reactive ketones (excluding diaryl/α,β-unsaturated/α-hetero) is 1. The molecule has 1 aliphatic rings. The Hall–Kier alpha value is -3.43. The maximum absolute atomic E-state index is 12.4. The lowest BCUT2D eigenvalue weighted by molar-refractivity contribution is -0.136. The molecule has 3 rings (SSSR count). The Labute approximate surface area is 148 Å². The van der Waals surface area contributed by atoms with E-state index in [1.165, 1.54) is 24.8 Å². The Balaban J connectivity index is 2.22. The number of phenols is 1. The van der Waals surface area contributed by atoms with Gasteiger partial charge < -0.3 is 19.9 Å². The maximum Gasteiger partial charge on any atom is 0.355 e. The number of hydrogen-bond donors (Lipinski definition) is 2.